The minimum absolute atomic E-state index is 0.120. The van der Waals surface area contributed by atoms with E-state index in [1.54, 1.807) is 18.2 Å². The van der Waals surface area contributed by atoms with E-state index in [0.29, 0.717) is 23.7 Å². The molecule has 2 rings (SSSR count). The molecule has 2 aromatic rings. The van der Waals surface area contributed by atoms with E-state index in [-0.39, 0.29) is 4.90 Å². The number of hydrogen-bond donors (Lipinski definition) is 0. The highest BCUT2D eigenvalue weighted by atomic mass is 35.7. The lowest BCUT2D eigenvalue weighted by molar-refractivity contribution is 0.301. The molecule has 114 valence electrons. The second-order valence-electron chi connectivity index (χ2n) is 5.43. The molecule has 0 radical (unpaired) electrons. The molecule has 21 heavy (non-hydrogen) atoms. The van der Waals surface area contributed by atoms with Gasteiger partial charge in [0.25, 0.3) is 9.05 Å². The molecule has 5 heteroatoms. The zero-order valence-electron chi connectivity index (χ0n) is 12.2. The smallest absolute Gasteiger partial charge is 0.261 e. The summed E-state index contributed by atoms with van der Waals surface area (Å²) in [5, 5.41) is 1.36. The van der Waals surface area contributed by atoms with Gasteiger partial charge in [-0.15, -0.1) is 0 Å². The first-order chi connectivity index (χ1) is 9.89. The van der Waals surface area contributed by atoms with Gasteiger partial charge in [0.05, 0.1) is 11.5 Å². The minimum atomic E-state index is -3.77. The number of ether oxygens (including phenoxy) is 1. The first kappa shape index (κ1) is 16.1. The van der Waals surface area contributed by atoms with E-state index in [1.165, 1.54) is 6.07 Å². The predicted molar refractivity (Wildman–Crippen MR) is 86.6 cm³/mol. The van der Waals surface area contributed by atoms with Crippen molar-refractivity contribution < 1.29 is 13.2 Å². The predicted octanol–water partition coefficient (Wildman–Crippen LogP) is 4.58. The molecule has 0 aliphatic rings. The second kappa shape index (κ2) is 6.67. The standard InChI is InChI=1S/C16H19ClO3S/c1-12(2)6-5-11-20-15-9-10-16(21(17,18)19)14-8-4-3-7-13(14)15/h3-4,7-10,12H,5-6,11H2,1-2H3. The van der Waals surface area contributed by atoms with Crippen molar-refractivity contribution in [3.8, 4) is 5.75 Å². The SMILES string of the molecule is CC(C)CCCOc1ccc(S(=O)(=O)Cl)c2ccccc12. The molecular weight excluding hydrogens is 308 g/mol. The molecule has 0 aromatic heterocycles. The van der Waals surface area contributed by atoms with Crippen molar-refractivity contribution in [1.29, 1.82) is 0 Å². The molecule has 0 bridgehead atoms. The first-order valence-electron chi connectivity index (χ1n) is 6.99. The largest absolute Gasteiger partial charge is 0.493 e. The highest BCUT2D eigenvalue weighted by Gasteiger charge is 2.16. The van der Waals surface area contributed by atoms with Gasteiger partial charge in [0.1, 0.15) is 5.75 Å². The molecule has 0 fully saturated rings. The Morgan fingerprint density at radius 1 is 1.10 bits per heavy atom. The van der Waals surface area contributed by atoms with Crippen molar-refractivity contribution in [2.45, 2.75) is 31.6 Å². The number of rotatable bonds is 6. The zero-order valence-corrected chi connectivity index (χ0v) is 13.7. The molecule has 0 aliphatic heterocycles. The Kier molecular flexibility index (Phi) is 5.12. The van der Waals surface area contributed by atoms with Crippen LogP contribution in [0.5, 0.6) is 5.75 Å². The van der Waals surface area contributed by atoms with Crippen molar-refractivity contribution in [1.82, 2.24) is 0 Å². The van der Waals surface area contributed by atoms with Gasteiger partial charge < -0.3 is 4.74 Å². The average molecular weight is 327 g/mol. The van der Waals surface area contributed by atoms with E-state index in [9.17, 15) is 8.42 Å². The summed E-state index contributed by atoms with van der Waals surface area (Å²) in [7, 11) is 1.72. The average Bonchev–Trinajstić information content (AvgIpc) is 2.42. The third-order valence-electron chi connectivity index (χ3n) is 3.29. The molecule has 0 spiro atoms. The van der Waals surface area contributed by atoms with Crippen LogP contribution < -0.4 is 4.74 Å². The third kappa shape index (κ3) is 4.11. The third-order valence-corrected chi connectivity index (χ3v) is 4.67. The summed E-state index contributed by atoms with van der Waals surface area (Å²) in [6, 6.07) is 10.4. The first-order valence-corrected chi connectivity index (χ1v) is 9.29. The summed E-state index contributed by atoms with van der Waals surface area (Å²) in [6.07, 6.45) is 2.08. The van der Waals surface area contributed by atoms with Gasteiger partial charge in [0, 0.05) is 21.5 Å². The van der Waals surface area contributed by atoms with Crippen LogP contribution in [0, 0.1) is 5.92 Å². The van der Waals surface area contributed by atoms with Gasteiger partial charge in [-0.25, -0.2) is 8.42 Å². The molecule has 0 unspecified atom stereocenters. The summed E-state index contributed by atoms with van der Waals surface area (Å²) in [4.78, 5) is 0.120. The summed E-state index contributed by atoms with van der Waals surface area (Å²) < 4.78 is 29.0. The number of fused-ring (bicyclic) bond motifs is 1. The second-order valence-corrected chi connectivity index (χ2v) is 7.96. The quantitative estimate of drug-likeness (QED) is 0.576. The molecule has 2 aromatic carbocycles. The fourth-order valence-electron chi connectivity index (χ4n) is 2.26. The van der Waals surface area contributed by atoms with E-state index in [1.807, 2.05) is 12.1 Å². The van der Waals surface area contributed by atoms with Crippen molar-refractivity contribution in [3.05, 3.63) is 36.4 Å². The lowest BCUT2D eigenvalue weighted by Crippen LogP contribution is -2.01. The molecule has 0 saturated carbocycles. The van der Waals surface area contributed by atoms with Crippen LogP contribution in [0.15, 0.2) is 41.3 Å². The van der Waals surface area contributed by atoms with E-state index in [4.69, 9.17) is 15.4 Å². The van der Waals surface area contributed by atoms with E-state index >= 15 is 0 Å². The number of halogens is 1. The fourth-order valence-corrected chi connectivity index (χ4v) is 3.33. The molecular formula is C16H19ClO3S. The van der Waals surface area contributed by atoms with Crippen molar-refractivity contribution in [2.24, 2.45) is 5.92 Å². The summed E-state index contributed by atoms with van der Waals surface area (Å²) >= 11 is 0. The Morgan fingerprint density at radius 3 is 2.38 bits per heavy atom. The monoisotopic (exact) mass is 326 g/mol. The number of benzene rings is 2. The Morgan fingerprint density at radius 2 is 1.76 bits per heavy atom. The summed E-state index contributed by atoms with van der Waals surface area (Å²) in [5.41, 5.74) is 0. The van der Waals surface area contributed by atoms with Crippen LogP contribution in [-0.2, 0) is 9.05 Å². The Hall–Kier alpha value is -1.26. The van der Waals surface area contributed by atoms with Crippen LogP contribution in [0.25, 0.3) is 10.8 Å². The van der Waals surface area contributed by atoms with Gasteiger partial charge in [-0.05, 0) is 30.9 Å². The van der Waals surface area contributed by atoms with E-state index in [0.717, 1.165) is 18.2 Å². The maximum Gasteiger partial charge on any atom is 0.261 e. The Balaban J connectivity index is 2.31. The van der Waals surface area contributed by atoms with Crippen molar-refractivity contribution in [3.63, 3.8) is 0 Å². The van der Waals surface area contributed by atoms with Crippen LogP contribution in [0.2, 0.25) is 0 Å². The van der Waals surface area contributed by atoms with Gasteiger partial charge in [-0.2, -0.15) is 0 Å². The fraction of sp³-hybridized carbons (Fsp3) is 0.375. The van der Waals surface area contributed by atoms with Crippen LogP contribution in [0.1, 0.15) is 26.7 Å². The molecule has 0 heterocycles. The van der Waals surface area contributed by atoms with E-state index < -0.39 is 9.05 Å². The van der Waals surface area contributed by atoms with E-state index in [2.05, 4.69) is 13.8 Å². The lowest BCUT2D eigenvalue weighted by atomic mass is 10.1. The van der Waals surface area contributed by atoms with Crippen molar-refractivity contribution >= 4 is 30.5 Å². The maximum absolute atomic E-state index is 11.6. The van der Waals surface area contributed by atoms with Gasteiger partial charge in [0.2, 0.25) is 0 Å². The van der Waals surface area contributed by atoms with Gasteiger partial charge in [-0.1, -0.05) is 38.1 Å². The van der Waals surface area contributed by atoms with Crippen molar-refractivity contribution in [2.75, 3.05) is 6.61 Å². The molecule has 0 saturated heterocycles. The molecule has 0 amide bonds. The highest BCUT2D eigenvalue weighted by molar-refractivity contribution is 8.14. The molecule has 0 aliphatic carbocycles. The molecule has 3 nitrogen and oxygen atoms in total. The van der Waals surface area contributed by atoms with Crippen LogP contribution in [0.4, 0.5) is 0 Å². The summed E-state index contributed by atoms with van der Waals surface area (Å²) in [6.45, 7) is 4.97. The lowest BCUT2D eigenvalue weighted by Gasteiger charge is -2.12. The number of hydrogen-bond acceptors (Lipinski definition) is 3. The summed E-state index contributed by atoms with van der Waals surface area (Å²) in [5.74, 6) is 1.34. The topological polar surface area (TPSA) is 43.4 Å². The maximum atomic E-state index is 11.6. The van der Waals surface area contributed by atoms with Gasteiger partial charge in [0.15, 0.2) is 0 Å². The normalized spacial score (nSPS) is 12.0. The van der Waals surface area contributed by atoms with Crippen LogP contribution in [0.3, 0.4) is 0 Å². The Labute approximate surface area is 130 Å². The molecule has 0 N–H and O–H groups in total. The van der Waals surface area contributed by atoms with Gasteiger partial charge >= 0.3 is 0 Å². The Bertz CT molecular complexity index is 723. The molecule has 0 atom stereocenters. The minimum Gasteiger partial charge on any atom is -0.493 e. The van der Waals surface area contributed by atoms with Crippen LogP contribution in [-0.4, -0.2) is 15.0 Å². The highest BCUT2D eigenvalue weighted by Crippen LogP contribution is 2.32. The van der Waals surface area contributed by atoms with Crippen LogP contribution >= 0.6 is 10.7 Å². The van der Waals surface area contributed by atoms with Gasteiger partial charge in [-0.3, -0.25) is 0 Å². The zero-order chi connectivity index (χ0) is 15.5.